The summed E-state index contributed by atoms with van der Waals surface area (Å²) in [4.78, 5) is 6.56. The fourth-order valence-corrected chi connectivity index (χ4v) is 3.13. The van der Waals surface area contributed by atoms with Gasteiger partial charge in [-0.1, -0.05) is 27.7 Å². The van der Waals surface area contributed by atoms with Gasteiger partial charge < -0.3 is 0 Å². The largest absolute Gasteiger partial charge is 0.299 e. The molecule has 2 heteroatoms. The molecule has 0 unspecified atom stereocenters. The van der Waals surface area contributed by atoms with E-state index in [0.717, 1.165) is 5.92 Å². The fraction of sp³-hybridized carbons (Fsp3) is 0.688. The van der Waals surface area contributed by atoms with E-state index in [1.54, 1.807) is 0 Å². The highest BCUT2D eigenvalue weighted by atomic mass is 15.1. The summed E-state index contributed by atoms with van der Waals surface area (Å²) in [6.45, 7) is 13.0. The van der Waals surface area contributed by atoms with E-state index in [4.69, 9.17) is 0 Å². The SMILES string of the molecule is C[C@@H](c1ccncc1)N(C)CC1C(C)(C)C1(C)C. The van der Waals surface area contributed by atoms with Crippen molar-refractivity contribution < 1.29 is 0 Å². The van der Waals surface area contributed by atoms with Crippen LogP contribution >= 0.6 is 0 Å². The highest BCUT2D eigenvalue weighted by Gasteiger charge is 2.64. The van der Waals surface area contributed by atoms with Crippen LogP contribution in [0.2, 0.25) is 0 Å². The van der Waals surface area contributed by atoms with Gasteiger partial charge in [-0.05, 0) is 48.4 Å². The maximum absolute atomic E-state index is 4.09. The maximum Gasteiger partial charge on any atom is 0.0318 e. The van der Waals surface area contributed by atoms with Crippen LogP contribution in [-0.4, -0.2) is 23.5 Å². The fourth-order valence-electron chi connectivity index (χ4n) is 3.13. The van der Waals surface area contributed by atoms with Crippen LogP contribution in [0, 0.1) is 16.7 Å². The Morgan fingerprint density at radius 2 is 1.67 bits per heavy atom. The third kappa shape index (κ3) is 2.07. The minimum absolute atomic E-state index is 0.459. The number of rotatable bonds is 4. The Hall–Kier alpha value is -0.890. The lowest BCUT2D eigenvalue weighted by atomic mass is 10.0. The van der Waals surface area contributed by atoms with Gasteiger partial charge in [0.1, 0.15) is 0 Å². The molecule has 1 aromatic heterocycles. The summed E-state index contributed by atoms with van der Waals surface area (Å²) in [6.07, 6.45) is 3.76. The molecule has 1 fully saturated rings. The minimum atomic E-state index is 0.459. The molecule has 1 aliphatic carbocycles. The Labute approximate surface area is 111 Å². The van der Waals surface area contributed by atoms with Crippen LogP contribution in [0.25, 0.3) is 0 Å². The summed E-state index contributed by atoms with van der Waals surface area (Å²) in [5.41, 5.74) is 2.29. The van der Waals surface area contributed by atoms with Crippen LogP contribution in [0.15, 0.2) is 24.5 Å². The first-order chi connectivity index (χ1) is 8.28. The van der Waals surface area contributed by atoms with Gasteiger partial charge in [0.25, 0.3) is 0 Å². The van der Waals surface area contributed by atoms with Gasteiger partial charge in [0, 0.05) is 25.0 Å². The number of pyridine rings is 1. The van der Waals surface area contributed by atoms with Gasteiger partial charge in [0.15, 0.2) is 0 Å². The molecule has 0 radical (unpaired) electrons. The quantitative estimate of drug-likeness (QED) is 0.804. The van der Waals surface area contributed by atoms with Crippen LogP contribution < -0.4 is 0 Å². The van der Waals surface area contributed by atoms with Gasteiger partial charge >= 0.3 is 0 Å². The molecule has 0 aliphatic heterocycles. The Morgan fingerprint density at radius 1 is 1.17 bits per heavy atom. The van der Waals surface area contributed by atoms with Crippen LogP contribution in [-0.2, 0) is 0 Å². The van der Waals surface area contributed by atoms with E-state index in [-0.39, 0.29) is 0 Å². The summed E-state index contributed by atoms with van der Waals surface area (Å²) >= 11 is 0. The molecule has 100 valence electrons. The van der Waals surface area contributed by atoms with Crippen molar-refractivity contribution in [2.45, 2.75) is 40.7 Å². The average molecular weight is 246 g/mol. The zero-order chi connectivity index (χ0) is 13.6. The third-order valence-electron chi connectivity index (χ3n) is 5.64. The van der Waals surface area contributed by atoms with E-state index < -0.39 is 0 Å². The molecule has 0 saturated heterocycles. The third-order valence-corrected chi connectivity index (χ3v) is 5.64. The first kappa shape index (κ1) is 13.5. The predicted molar refractivity (Wildman–Crippen MR) is 76.3 cm³/mol. The summed E-state index contributed by atoms with van der Waals surface area (Å²) in [7, 11) is 2.23. The topological polar surface area (TPSA) is 16.1 Å². The van der Waals surface area contributed by atoms with E-state index in [1.165, 1.54) is 12.1 Å². The number of nitrogens with zero attached hydrogens (tertiary/aromatic N) is 2. The predicted octanol–water partition coefficient (Wildman–Crippen LogP) is 3.76. The van der Waals surface area contributed by atoms with E-state index in [9.17, 15) is 0 Å². The molecule has 0 N–H and O–H groups in total. The molecule has 0 spiro atoms. The lowest BCUT2D eigenvalue weighted by Crippen LogP contribution is -2.26. The Bertz CT molecular complexity index is 394. The molecule has 1 aliphatic rings. The van der Waals surface area contributed by atoms with Gasteiger partial charge in [0.05, 0.1) is 0 Å². The van der Waals surface area contributed by atoms with Crippen LogP contribution in [0.4, 0.5) is 0 Å². The molecule has 0 amide bonds. The molecule has 18 heavy (non-hydrogen) atoms. The van der Waals surface area contributed by atoms with Crippen LogP contribution in [0.5, 0.6) is 0 Å². The van der Waals surface area contributed by atoms with Crippen molar-refractivity contribution in [3.05, 3.63) is 30.1 Å². The number of aromatic nitrogens is 1. The second-order valence-corrected chi connectivity index (χ2v) is 6.89. The number of hydrogen-bond donors (Lipinski definition) is 0. The van der Waals surface area contributed by atoms with Gasteiger partial charge in [-0.3, -0.25) is 9.88 Å². The highest BCUT2D eigenvalue weighted by Crippen LogP contribution is 2.68. The molecule has 2 rings (SSSR count). The van der Waals surface area contributed by atoms with Crippen molar-refractivity contribution in [3.8, 4) is 0 Å². The normalized spacial score (nSPS) is 23.1. The number of hydrogen-bond acceptors (Lipinski definition) is 2. The van der Waals surface area contributed by atoms with Gasteiger partial charge in [-0.25, -0.2) is 0 Å². The summed E-state index contributed by atoms with van der Waals surface area (Å²) in [5, 5.41) is 0. The van der Waals surface area contributed by atoms with E-state index in [2.05, 4.69) is 63.7 Å². The Kier molecular flexibility index (Phi) is 3.26. The molecule has 1 aromatic rings. The first-order valence-corrected chi connectivity index (χ1v) is 6.88. The molecule has 2 nitrogen and oxygen atoms in total. The second-order valence-electron chi connectivity index (χ2n) is 6.89. The molecule has 1 heterocycles. The van der Waals surface area contributed by atoms with Crippen molar-refractivity contribution in [3.63, 3.8) is 0 Å². The van der Waals surface area contributed by atoms with Gasteiger partial charge in [-0.15, -0.1) is 0 Å². The highest BCUT2D eigenvalue weighted by molar-refractivity contribution is 5.16. The van der Waals surface area contributed by atoms with Crippen molar-refractivity contribution in [1.29, 1.82) is 0 Å². The molecule has 1 saturated carbocycles. The molecular formula is C16H26N2. The zero-order valence-electron chi connectivity index (χ0n) is 12.6. The minimum Gasteiger partial charge on any atom is -0.299 e. The summed E-state index contributed by atoms with van der Waals surface area (Å²) < 4.78 is 0. The van der Waals surface area contributed by atoms with E-state index in [0.29, 0.717) is 16.9 Å². The summed E-state index contributed by atoms with van der Waals surface area (Å²) in [5.74, 6) is 0.791. The van der Waals surface area contributed by atoms with Crippen molar-refractivity contribution >= 4 is 0 Å². The standard InChI is InChI=1S/C16H26N2/c1-12(13-7-9-17-10-8-13)18(6)11-14-15(2,3)16(14,4)5/h7-10,12,14H,11H2,1-6H3/t12-/m0/s1. The molecule has 0 bridgehead atoms. The monoisotopic (exact) mass is 246 g/mol. The Morgan fingerprint density at radius 3 is 2.11 bits per heavy atom. The first-order valence-electron chi connectivity index (χ1n) is 6.88. The average Bonchev–Trinajstić information content (AvgIpc) is 2.72. The Balaban J connectivity index is 2.00. The lowest BCUT2D eigenvalue weighted by Gasteiger charge is -2.26. The van der Waals surface area contributed by atoms with Crippen LogP contribution in [0.1, 0.15) is 46.2 Å². The molecule has 1 atom stereocenters. The van der Waals surface area contributed by atoms with E-state index in [1.807, 2.05) is 12.4 Å². The van der Waals surface area contributed by atoms with E-state index >= 15 is 0 Å². The van der Waals surface area contributed by atoms with Crippen molar-refractivity contribution in [1.82, 2.24) is 9.88 Å². The lowest BCUT2D eigenvalue weighted by molar-refractivity contribution is 0.234. The summed E-state index contributed by atoms with van der Waals surface area (Å²) in [6, 6.07) is 4.69. The van der Waals surface area contributed by atoms with Crippen molar-refractivity contribution in [2.24, 2.45) is 16.7 Å². The zero-order valence-corrected chi connectivity index (χ0v) is 12.6. The van der Waals surface area contributed by atoms with Crippen LogP contribution in [0.3, 0.4) is 0 Å². The molecule has 0 aromatic carbocycles. The maximum atomic E-state index is 4.09. The second kappa shape index (κ2) is 4.34. The van der Waals surface area contributed by atoms with Crippen molar-refractivity contribution in [2.75, 3.05) is 13.6 Å². The smallest absolute Gasteiger partial charge is 0.0318 e. The van der Waals surface area contributed by atoms with Gasteiger partial charge in [0.2, 0.25) is 0 Å². The molecular weight excluding hydrogens is 220 g/mol. The van der Waals surface area contributed by atoms with Gasteiger partial charge in [-0.2, -0.15) is 0 Å².